The van der Waals surface area contributed by atoms with Crippen LogP contribution in [0.2, 0.25) is 5.02 Å². The highest BCUT2D eigenvalue weighted by Gasteiger charge is 2.35. The van der Waals surface area contributed by atoms with Crippen LogP contribution in [0.1, 0.15) is 21.7 Å². The van der Waals surface area contributed by atoms with Crippen LogP contribution in [0.25, 0.3) is 0 Å². The van der Waals surface area contributed by atoms with E-state index in [1.165, 1.54) is 18.3 Å². The number of amides is 1. The van der Waals surface area contributed by atoms with Gasteiger partial charge in [-0.05, 0) is 43.3 Å². The fourth-order valence-electron chi connectivity index (χ4n) is 2.24. The summed E-state index contributed by atoms with van der Waals surface area (Å²) in [5, 5.41) is 8.69. The van der Waals surface area contributed by atoms with Crippen LogP contribution in [0.5, 0.6) is 11.6 Å². The van der Waals surface area contributed by atoms with E-state index in [4.69, 9.17) is 16.3 Å². The summed E-state index contributed by atoms with van der Waals surface area (Å²) < 4.78 is 57.6. The third-order valence-electron chi connectivity index (χ3n) is 3.55. The number of carbonyl (C=O) groups excluding carboxylic acids is 1. The molecule has 2 aromatic heterocycles. The SMILES string of the molecule is Cc1cc(NC(=O)c2cc(C(F)(F)F)nnc2Oc2ccc(F)cc2Cl)ccn1. The van der Waals surface area contributed by atoms with Gasteiger partial charge in [0.25, 0.3) is 11.8 Å². The van der Waals surface area contributed by atoms with Gasteiger partial charge in [-0.15, -0.1) is 10.2 Å². The first-order valence-corrected chi connectivity index (χ1v) is 8.33. The highest BCUT2D eigenvalue weighted by Crippen LogP contribution is 2.33. The Morgan fingerprint density at radius 1 is 1.14 bits per heavy atom. The molecule has 0 aliphatic heterocycles. The number of alkyl halides is 3. The van der Waals surface area contributed by atoms with Crippen molar-refractivity contribution in [3.8, 4) is 11.6 Å². The van der Waals surface area contributed by atoms with Crippen LogP contribution in [0.4, 0.5) is 23.2 Å². The summed E-state index contributed by atoms with van der Waals surface area (Å²) >= 11 is 5.86. The molecule has 3 rings (SSSR count). The molecule has 6 nitrogen and oxygen atoms in total. The number of carbonyl (C=O) groups is 1. The molecule has 1 amide bonds. The molecule has 0 aliphatic carbocycles. The number of hydrogen-bond donors (Lipinski definition) is 1. The molecule has 0 spiro atoms. The minimum atomic E-state index is -4.83. The Morgan fingerprint density at radius 3 is 2.55 bits per heavy atom. The molecule has 150 valence electrons. The van der Waals surface area contributed by atoms with Crippen molar-refractivity contribution in [3.05, 3.63) is 70.4 Å². The lowest BCUT2D eigenvalue weighted by Crippen LogP contribution is -2.18. The van der Waals surface area contributed by atoms with E-state index in [9.17, 15) is 22.4 Å². The zero-order chi connectivity index (χ0) is 21.2. The maximum absolute atomic E-state index is 13.2. The first-order chi connectivity index (χ1) is 13.6. The molecule has 0 bridgehead atoms. The van der Waals surface area contributed by atoms with Crippen molar-refractivity contribution in [1.82, 2.24) is 15.2 Å². The first kappa shape index (κ1) is 20.5. The quantitative estimate of drug-likeness (QED) is 0.592. The fourth-order valence-corrected chi connectivity index (χ4v) is 2.45. The molecule has 0 unspecified atom stereocenters. The van der Waals surface area contributed by atoms with Crippen molar-refractivity contribution in [2.75, 3.05) is 5.32 Å². The lowest BCUT2D eigenvalue weighted by atomic mass is 10.2. The van der Waals surface area contributed by atoms with E-state index in [2.05, 4.69) is 20.5 Å². The molecule has 29 heavy (non-hydrogen) atoms. The minimum Gasteiger partial charge on any atom is -0.435 e. The summed E-state index contributed by atoms with van der Waals surface area (Å²) in [6, 6.07) is 6.59. The van der Waals surface area contributed by atoms with Crippen molar-refractivity contribution >= 4 is 23.2 Å². The predicted molar refractivity (Wildman–Crippen MR) is 95.4 cm³/mol. The van der Waals surface area contributed by atoms with Crippen LogP contribution in [0, 0.1) is 12.7 Å². The number of aromatic nitrogens is 3. The van der Waals surface area contributed by atoms with Crippen LogP contribution < -0.4 is 10.1 Å². The molecular formula is C18H11ClF4N4O2. The van der Waals surface area contributed by atoms with Gasteiger partial charge in [-0.2, -0.15) is 13.2 Å². The molecule has 0 saturated carbocycles. The van der Waals surface area contributed by atoms with Gasteiger partial charge in [0.15, 0.2) is 5.69 Å². The van der Waals surface area contributed by atoms with Crippen LogP contribution in [-0.4, -0.2) is 21.1 Å². The molecule has 0 fully saturated rings. The van der Waals surface area contributed by atoms with E-state index >= 15 is 0 Å². The standard InChI is InChI=1S/C18H11ClF4N4O2/c1-9-6-11(4-5-24-9)25-16(28)12-8-15(18(21,22)23)26-27-17(12)29-14-3-2-10(20)7-13(14)19/h2-8H,1H3,(H,24,25,28). The highest BCUT2D eigenvalue weighted by atomic mass is 35.5. The minimum absolute atomic E-state index is 0.115. The number of halogens is 5. The number of rotatable bonds is 4. The lowest BCUT2D eigenvalue weighted by Gasteiger charge is -2.13. The molecule has 2 heterocycles. The summed E-state index contributed by atoms with van der Waals surface area (Å²) in [7, 11) is 0. The fraction of sp³-hybridized carbons (Fsp3) is 0.111. The number of benzene rings is 1. The van der Waals surface area contributed by atoms with Crippen molar-refractivity contribution in [2.24, 2.45) is 0 Å². The number of pyridine rings is 1. The maximum atomic E-state index is 13.2. The second-order valence-corrected chi connectivity index (χ2v) is 6.17. The Labute approximate surface area is 166 Å². The van der Waals surface area contributed by atoms with Gasteiger partial charge in [0, 0.05) is 17.6 Å². The molecule has 1 N–H and O–H groups in total. The number of aryl methyl sites for hydroxylation is 1. The number of anilines is 1. The van der Waals surface area contributed by atoms with Crippen molar-refractivity contribution < 1.29 is 27.1 Å². The summed E-state index contributed by atoms with van der Waals surface area (Å²) in [6.07, 6.45) is -3.41. The Hall–Kier alpha value is -3.27. The van der Waals surface area contributed by atoms with Crippen LogP contribution in [-0.2, 0) is 6.18 Å². The molecule has 1 aromatic carbocycles. The Kier molecular flexibility index (Phi) is 5.64. The molecule has 0 atom stereocenters. The summed E-state index contributed by atoms with van der Waals surface area (Å²) in [6.45, 7) is 1.68. The maximum Gasteiger partial charge on any atom is 0.435 e. The van der Waals surface area contributed by atoms with E-state index in [1.54, 1.807) is 6.92 Å². The summed E-state index contributed by atoms with van der Waals surface area (Å²) in [4.78, 5) is 16.6. The topological polar surface area (TPSA) is 77.0 Å². The molecule has 11 heteroatoms. The average molecular weight is 427 g/mol. The monoisotopic (exact) mass is 426 g/mol. The molecule has 0 radical (unpaired) electrons. The van der Waals surface area contributed by atoms with Crippen molar-refractivity contribution in [1.29, 1.82) is 0 Å². The molecule has 0 saturated heterocycles. The number of nitrogens with zero attached hydrogens (tertiary/aromatic N) is 3. The van der Waals surface area contributed by atoms with Gasteiger partial charge < -0.3 is 10.1 Å². The van der Waals surface area contributed by atoms with Crippen LogP contribution in [0.15, 0.2) is 42.6 Å². The van der Waals surface area contributed by atoms with Gasteiger partial charge in [0.1, 0.15) is 17.1 Å². The summed E-state index contributed by atoms with van der Waals surface area (Å²) in [5.41, 5.74) is -1.03. The number of hydrogen-bond acceptors (Lipinski definition) is 5. The van der Waals surface area contributed by atoms with Gasteiger partial charge in [0.2, 0.25) is 0 Å². The third kappa shape index (κ3) is 4.96. The lowest BCUT2D eigenvalue weighted by molar-refractivity contribution is -0.141. The van der Waals surface area contributed by atoms with E-state index in [-0.39, 0.29) is 10.8 Å². The van der Waals surface area contributed by atoms with Gasteiger partial charge in [-0.1, -0.05) is 11.6 Å². The van der Waals surface area contributed by atoms with Crippen molar-refractivity contribution in [3.63, 3.8) is 0 Å². The zero-order valence-electron chi connectivity index (χ0n) is 14.6. The Balaban J connectivity index is 2.00. The van der Waals surface area contributed by atoms with Gasteiger partial charge in [-0.25, -0.2) is 4.39 Å². The predicted octanol–water partition coefficient (Wildman–Crippen LogP) is 5.04. The zero-order valence-corrected chi connectivity index (χ0v) is 15.3. The normalized spacial score (nSPS) is 11.2. The largest absolute Gasteiger partial charge is 0.435 e. The molecule has 3 aromatic rings. The van der Waals surface area contributed by atoms with Gasteiger partial charge in [-0.3, -0.25) is 9.78 Å². The summed E-state index contributed by atoms with van der Waals surface area (Å²) in [5.74, 6) is -2.22. The first-order valence-electron chi connectivity index (χ1n) is 7.95. The van der Waals surface area contributed by atoms with Gasteiger partial charge in [0.05, 0.1) is 5.02 Å². The average Bonchev–Trinajstić information content (AvgIpc) is 2.63. The molecular weight excluding hydrogens is 416 g/mol. The molecule has 0 aliphatic rings. The van der Waals surface area contributed by atoms with Crippen LogP contribution in [0.3, 0.4) is 0 Å². The Bertz CT molecular complexity index is 1080. The smallest absolute Gasteiger partial charge is 0.435 e. The number of ether oxygens (including phenoxy) is 1. The van der Waals surface area contributed by atoms with Crippen molar-refractivity contribution in [2.45, 2.75) is 13.1 Å². The highest BCUT2D eigenvalue weighted by molar-refractivity contribution is 6.32. The van der Waals surface area contributed by atoms with E-state index in [0.717, 1.165) is 18.2 Å². The van der Waals surface area contributed by atoms with E-state index in [1.807, 2.05) is 0 Å². The van der Waals surface area contributed by atoms with Gasteiger partial charge >= 0.3 is 6.18 Å². The van der Waals surface area contributed by atoms with E-state index < -0.39 is 35.0 Å². The van der Waals surface area contributed by atoms with E-state index in [0.29, 0.717) is 17.4 Å². The second-order valence-electron chi connectivity index (χ2n) is 5.76. The van der Waals surface area contributed by atoms with Crippen LogP contribution >= 0.6 is 11.6 Å². The number of nitrogens with one attached hydrogen (secondary N) is 1. The second kappa shape index (κ2) is 8.00. The Morgan fingerprint density at radius 2 is 1.90 bits per heavy atom. The third-order valence-corrected chi connectivity index (χ3v) is 3.85.